The van der Waals surface area contributed by atoms with Crippen LogP contribution in [0.2, 0.25) is 0 Å². The Hall–Kier alpha value is -2.49. The Kier molecular flexibility index (Phi) is 2.41. The summed E-state index contributed by atoms with van der Waals surface area (Å²) >= 11 is 0. The summed E-state index contributed by atoms with van der Waals surface area (Å²) in [5.41, 5.74) is 2.66. The number of hydrogen-bond donors (Lipinski definition) is 1. The fourth-order valence-electron chi connectivity index (χ4n) is 2.05. The summed E-state index contributed by atoms with van der Waals surface area (Å²) in [5, 5.41) is 0.587. The molecule has 3 nitrogen and oxygen atoms in total. The third-order valence-electron chi connectivity index (χ3n) is 2.87. The highest BCUT2D eigenvalue weighted by molar-refractivity contribution is 6.04. The van der Waals surface area contributed by atoms with Crippen LogP contribution in [0, 0.1) is 5.82 Å². The highest BCUT2D eigenvalue weighted by Crippen LogP contribution is 2.28. The maximum absolute atomic E-state index is 13.2. The van der Waals surface area contributed by atoms with E-state index in [1.807, 2.05) is 6.07 Å². The lowest BCUT2D eigenvalue weighted by atomic mass is 10.1. The predicted molar refractivity (Wildman–Crippen MR) is 66.9 cm³/mol. The fraction of sp³-hybridized carbons (Fsp3) is 0. The Morgan fingerprint density at radius 1 is 1.28 bits per heavy atom. The summed E-state index contributed by atoms with van der Waals surface area (Å²) < 4.78 is 13.2. The molecule has 1 N–H and O–H groups in total. The minimum absolute atomic E-state index is 0.359. The van der Waals surface area contributed by atoms with Crippen LogP contribution >= 0.6 is 0 Å². The molecule has 2 heterocycles. The SMILES string of the molecule is O=Cc1c(-c2cccnc2)[nH]c2ccc(F)cc12. The number of carbonyl (C=O) groups excluding carboxylic acids is 1. The lowest BCUT2D eigenvalue weighted by Gasteiger charge is -1.97. The molecule has 0 fully saturated rings. The second-order valence-electron chi connectivity index (χ2n) is 3.96. The van der Waals surface area contributed by atoms with E-state index < -0.39 is 0 Å². The summed E-state index contributed by atoms with van der Waals surface area (Å²) in [7, 11) is 0. The van der Waals surface area contributed by atoms with Crippen molar-refractivity contribution in [1.82, 2.24) is 9.97 Å². The maximum Gasteiger partial charge on any atom is 0.152 e. The summed E-state index contributed by atoms with van der Waals surface area (Å²) in [5.74, 6) is -0.359. The van der Waals surface area contributed by atoms with E-state index in [0.717, 1.165) is 17.4 Å². The third-order valence-corrected chi connectivity index (χ3v) is 2.87. The first-order valence-electron chi connectivity index (χ1n) is 5.46. The van der Waals surface area contributed by atoms with Crippen LogP contribution in [0.3, 0.4) is 0 Å². The van der Waals surface area contributed by atoms with Gasteiger partial charge in [-0.25, -0.2) is 4.39 Å². The average Bonchev–Trinajstić information content (AvgIpc) is 2.77. The van der Waals surface area contributed by atoms with Crippen LogP contribution in [0.25, 0.3) is 22.2 Å². The predicted octanol–water partition coefficient (Wildman–Crippen LogP) is 3.18. The molecule has 2 aromatic heterocycles. The number of pyridine rings is 1. The Morgan fingerprint density at radius 3 is 2.89 bits per heavy atom. The van der Waals surface area contributed by atoms with Crippen molar-refractivity contribution < 1.29 is 9.18 Å². The van der Waals surface area contributed by atoms with E-state index in [2.05, 4.69) is 9.97 Å². The van der Waals surface area contributed by atoms with Gasteiger partial charge in [-0.3, -0.25) is 9.78 Å². The molecule has 3 rings (SSSR count). The van der Waals surface area contributed by atoms with E-state index in [1.165, 1.54) is 12.1 Å². The molecule has 0 amide bonds. The molecule has 0 bridgehead atoms. The number of aromatic amines is 1. The number of H-pyrrole nitrogens is 1. The molecule has 3 aromatic rings. The molecule has 0 spiro atoms. The van der Waals surface area contributed by atoms with E-state index >= 15 is 0 Å². The van der Waals surface area contributed by atoms with Crippen LogP contribution in [-0.4, -0.2) is 16.3 Å². The van der Waals surface area contributed by atoms with Gasteiger partial charge in [0, 0.05) is 34.4 Å². The largest absolute Gasteiger partial charge is 0.354 e. The summed E-state index contributed by atoms with van der Waals surface area (Å²) in [6.45, 7) is 0. The molecule has 0 radical (unpaired) electrons. The Bertz CT molecular complexity index is 719. The lowest BCUT2D eigenvalue weighted by molar-refractivity contribution is 0.112. The van der Waals surface area contributed by atoms with Crippen LogP contribution in [0.15, 0.2) is 42.7 Å². The van der Waals surface area contributed by atoms with Gasteiger partial charge in [-0.15, -0.1) is 0 Å². The first kappa shape index (κ1) is 10.7. The molecule has 0 aliphatic heterocycles. The van der Waals surface area contributed by atoms with Gasteiger partial charge in [0.2, 0.25) is 0 Å². The monoisotopic (exact) mass is 240 g/mol. The molecule has 0 saturated carbocycles. The summed E-state index contributed by atoms with van der Waals surface area (Å²) in [6.07, 6.45) is 4.06. The molecule has 88 valence electrons. The number of hydrogen-bond acceptors (Lipinski definition) is 2. The topological polar surface area (TPSA) is 45.8 Å². The maximum atomic E-state index is 13.2. The van der Waals surface area contributed by atoms with E-state index in [-0.39, 0.29) is 5.82 Å². The lowest BCUT2D eigenvalue weighted by Crippen LogP contribution is -1.85. The van der Waals surface area contributed by atoms with Gasteiger partial charge in [0.05, 0.1) is 5.69 Å². The smallest absolute Gasteiger partial charge is 0.152 e. The van der Waals surface area contributed by atoms with Crippen molar-refractivity contribution in [2.24, 2.45) is 0 Å². The van der Waals surface area contributed by atoms with Gasteiger partial charge in [-0.2, -0.15) is 0 Å². The first-order chi connectivity index (χ1) is 8.79. The highest BCUT2D eigenvalue weighted by Gasteiger charge is 2.12. The van der Waals surface area contributed by atoms with Crippen LogP contribution in [0.4, 0.5) is 4.39 Å². The normalized spacial score (nSPS) is 10.7. The molecular weight excluding hydrogens is 231 g/mol. The molecule has 4 heteroatoms. The van der Waals surface area contributed by atoms with E-state index in [9.17, 15) is 9.18 Å². The number of nitrogens with zero attached hydrogens (tertiary/aromatic N) is 1. The molecule has 0 aliphatic rings. The Morgan fingerprint density at radius 2 is 2.17 bits per heavy atom. The van der Waals surface area contributed by atoms with Crippen molar-refractivity contribution in [2.75, 3.05) is 0 Å². The second-order valence-corrected chi connectivity index (χ2v) is 3.96. The van der Waals surface area contributed by atoms with Crippen molar-refractivity contribution in [3.63, 3.8) is 0 Å². The van der Waals surface area contributed by atoms with Gasteiger partial charge in [-0.05, 0) is 30.3 Å². The standard InChI is InChI=1S/C14H9FN2O/c15-10-3-4-13-11(6-10)12(8-18)14(17-13)9-2-1-5-16-7-9/h1-8,17H. The van der Waals surface area contributed by atoms with Crippen LogP contribution < -0.4 is 0 Å². The number of fused-ring (bicyclic) bond motifs is 1. The molecule has 0 unspecified atom stereocenters. The number of benzene rings is 1. The van der Waals surface area contributed by atoms with Gasteiger partial charge < -0.3 is 4.98 Å². The Balaban J connectivity index is 2.33. The fourth-order valence-corrected chi connectivity index (χ4v) is 2.05. The van der Waals surface area contributed by atoms with Gasteiger partial charge >= 0.3 is 0 Å². The van der Waals surface area contributed by atoms with Gasteiger partial charge in [0.15, 0.2) is 6.29 Å². The van der Waals surface area contributed by atoms with Crippen molar-refractivity contribution in [3.05, 3.63) is 54.1 Å². The van der Waals surface area contributed by atoms with Crippen LogP contribution in [0.1, 0.15) is 10.4 Å². The molecule has 1 aromatic carbocycles. The first-order valence-corrected chi connectivity index (χ1v) is 5.46. The van der Waals surface area contributed by atoms with Gasteiger partial charge in [-0.1, -0.05) is 0 Å². The zero-order chi connectivity index (χ0) is 12.5. The number of aldehydes is 1. The number of nitrogens with one attached hydrogen (secondary N) is 1. The second kappa shape index (κ2) is 4.07. The van der Waals surface area contributed by atoms with Crippen molar-refractivity contribution in [2.45, 2.75) is 0 Å². The minimum Gasteiger partial charge on any atom is -0.354 e. The van der Waals surface area contributed by atoms with E-state index in [4.69, 9.17) is 0 Å². The molecule has 0 atom stereocenters. The van der Waals surface area contributed by atoms with Gasteiger partial charge in [0.1, 0.15) is 5.82 Å². The number of halogens is 1. The molecule has 0 aliphatic carbocycles. The van der Waals surface area contributed by atoms with Crippen LogP contribution in [-0.2, 0) is 0 Å². The van der Waals surface area contributed by atoms with E-state index in [1.54, 1.807) is 24.5 Å². The van der Waals surface area contributed by atoms with Crippen molar-refractivity contribution in [1.29, 1.82) is 0 Å². The molecule has 18 heavy (non-hydrogen) atoms. The third kappa shape index (κ3) is 1.59. The number of carbonyl (C=O) groups is 1. The number of aromatic nitrogens is 2. The molecule has 0 saturated heterocycles. The molecular formula is C14H9FN2O. The summed E-state index contributed by atoms with van der Waals surface area (Å²) in [6, 6.07) is 7.98. The summed E-state index contributed by atoms with van der Waals surface area (Å²) in [4.78, 5) is 18.4. The van der Waals surface area contributed by atoms with E-state index in [0.29, 0.717) is 16.6 Å². The van der Waals surface area contributed by atoms with Crippen molar-refractivity contribution in [3.8, 4) is 11.3 Å². The highest BCUT2D eigenvalue weighted by atomic mass is 19.1. The van der Waals surface area contributed by atoms with Crippen molar-refractivity contribution >= 4 is 17.2 Å². The number of rotatable bonds is 2. The Labute approximate surface area is 102 Å². The minimum atomic E-state index is -0.359. The quantitative estimate of drug-likeness (QED) is 0.699. The van der Waals surface area contributed by atoms with Gasteiger partial charge in [0.25, 0.3) is 0 Å². The zero-order valence-corrected chi connectivity index (χ0v) is 9.35. The average molecular weight is 240 g/mol. The van der Waals surface area contributed by atoms with Crippen LogP contribution in [0.5, 0.6) is 0 Å². The zero-order valence-electron chi connectivity index (χ0n) is 9.35.